The molecule has 5 heteroatoms. The van der Waals surface area contributed by atoms with Crippen molar-refractivity contribution in [1.29, 1.82) is 0 Å². The first kappa shape index (κ1) is 17.7. The Labute approximate surface area is 148 Å². The molecule has 0 amide bonds. The van der Waals surface area contributed by atoms with Gasteiger partial charge in [0.2, 0.25) is 0 Å². The highest BCUT2D eigenvalue weighted by atomic mass is 19.1. The van der Waals surface area contributed by atoms with Crippen LogP contribution >= 0.6 is 0 Å². The molecule has 134 valence electrons. The maximum Gasteiger partial charge on any atom is 0.323 e. The number of hydrogen-bond acceptors (Lipinski definition) is 3. The Hall–Kier alpha value is -2.14. The molecule has 1 aliphatic carbocycles. The van der Waals surface area contributed by atoms with Gasteiger partial charge in [0.1, 0.15) is 11.9 Å². The van der Waals surface area contributed by atoms with Crippen LogP contribution in [-0.4, -0.2) is 34.1 Å². The maximum atomic E-state index is 13.1. The van der Waals surface area contributed by atoms with Gasteiger partial charge in [0.05, 0.1) is 6.61 Å². The average Bonchev–Trinajstić information content (AvgIpc) is 3.35. The van der Waals surface area contributed by atoms with E-state index in [1.165, 1.54) is 12.1 Å². The van der Waals surface area contributed by atoms with Crippen molar-refractivity contribution in [2.24, 2.45) is 0 Å². The smallest absolute Gasteiger partial charge is 0.323 e. The van der Waals surface area contributed by atoms with Gasteiger partial charge in [-0.05, 0) is 56.5 Å². The van der Waals surface area contributed by atoms with Crippen LogP contribution in [0.25, 0.3) is 0 Å². The van der Waals surface area contributed by atoms with Crippen LogP contribution in [0.4, 0.5) is 4.39 Å². The Bertz CT molecular complexity index is 707. The molecule has 1 aliphatic rings. The minimum atomic E-state index is -0.248. The molecule has 4 nitrogen and oxygen atoms in total. The van der Waals surface area contributed by atoms with Crippen molar-refractivity contribution in [3.63, 3.8) is 0 Å². The van der Waals surface area contributed by atoms with Gasteiger partial charge in [0, 0.05) is 31.0 Å². The molecule has 0 bridgehead atoms. The van der Waals surface area contributed by atoms with Crippen molar-refractivity contribution >= 4 is 5.97 Å². The molecule has 1 unspecified atom stereocenters. The number of rotatable bonds is 8. The van der Waals surface area contributed by atoms with E-state index in [0.717, 1.165) is 24.1 Å². The lowest BCUT2D eigenvalue weighted by Gasteiger charge is -2.28. The first-order valence-corrected chi connectivity index (χ1v) is 8.89. The van der Waals surface area contributed by atoms with E-state index in [4.69, 9.17) is 4.74 Å². The SMILES string of the molecule is CCOC(=O)C(C)N(Cc1cccn1Cc1ccc(F)cc1)C1CC1. The van der Waals surface area contributed by atoms with Gasteiger partial charge in [0.15, 0.2) is 0 Å². The summed E-state index contributed by atoms with van der Waals surface area (Å²) in [7, 11) is 0. The van der Waals surface area contributed by atoms with E-state index in [1.54, 1.807) is 12.1 Å². The monoisotopic (exact) mass is 344 g/mol. The Morgan fingerprint density at radius 1 is 1.32 bits per heavy atom. The zero-order chi connectivity index (χ0) is 17.8. The third-order valence-corrected chi connectivity index (χ3v) is 4.68. The molecule has 2 aromatic rings. The molecule has 1 atom stereocenters. The second-order valence-electron chi connectivity index (χ2n) is 6.59. The molecule has 1 heterocycles. The summed E-state index contributed by atoms with van der Waals surface area (Å²) in [4.78, 5) is 14.4. The first-order chi connectivity index (χ1) is 12.1. The lowest BCUT2D eigenvalue weighted by Crippen LogP contribution is -2.41. The van der Waals surface area contributed by atoms with Gasteiger partial charge in [-0.1, -0.05) is 12.1 Å². The van der Waals surface area contributed by atoms with Gasteiger partial charge in [0.25, 0.3) is 0 Å². The predicted molar refractivity (Wildman–Crippen MR) is 94.6 cm³/mol. The van der Waals surface area contributed by atoms with Gasteiger partial charge < -0.3 is 9.30 Å². The van der Waals surface area contributed by atoms with Gasteiger partial charge >= 0.3 is 5.97 Å². The molecule has 0 aliphatic heterocycles. The normalized spacial score (nSPS) is 15.4. The number of carbonyl (C=O) groups excluding carboxylic acids is 1. The third-order valence-electron chi connectivity index (χ3n) is 4.68. The highest BCUT2D eigenvalue weighted by Gasteiger charge is 2.36. The zero-order valence-corrected chi connectivity index (χ0v) is 14.8. The molecule has 3 rings (SSSR count). The molecule has 1 saturated carbocycles. The van der Waals surface area contributed by atoms with Gasteiger partial charge in [-0.3, -0.25) is 9.69 Å². The van der Waals surface area contributed by atoms with Crippen molar-refractivity contribution in [3.05, 3.63) is 59.7 Å². The molecular weight excluding hydrogens is 319 g/mol. The molecule has 0 radical (unpaired) electrons. The summed E-state index contributed by atoms with van der Waals surface area (Å²) in [5.74, 6) is -0.384. The van der Waals surface area contributed by atoms with Gasteiger partial charge in [-0.25, -0.2) is 4.39 Å². The fourth-order valence-electron chi connectivity index (χ4n) is 3.11. The highest BCUT2D eigenvalue weighted by Crippen LogP contribution is 2.30. The fourth-order valence-corrected chi connectivity index (χ4v) is 3.11. The summed E-state index contributed by atoms with van der Waals surface area (Å²) < 4.78 is 20.4. The van der Waals surface area contributed by atoms with E-state index in [-0.39, 0.29) is 17.8 Å². The molecule has 1 aromatic heterocycles. The van der Waals surface area contributed by atoms with Crippen molar-refractivity contribution in [3.8, 4) is 0 Å². The van der Waals surface area contributed by atoms with Gasteiger partial charge in [-0.2, -0.15) is 0 Å². The van der Waals surface area contributed by atoms with Crippen LogP contribution in [-0.2, 0) is 22.6 Å². The zero-order valence-electron chi connectivity index (χ0n) is 14.8. The predicted octanol–water partition coefficient (Wildman–Crippen LogP) is 3.59. The highest BCUT2D eigenvalue weighted by molar-refractivity contribution is 5.75. The number of hydrogen-bond donors (Lipinski definition) is 0. The quantitative estimate of drug-likeness (QED) is 0.687. The Morgan fingerprint density at radius 3 is 2.68 bits per heavy atom. The number of ether oxygens (including phenoxy) is 1. The summed E-state index contributed by atoms with van der Waals surface area (Å²) in [6.45, 7) is 5.56. The summed E-state index contributed by atoms with van der Waals surface area (Å²) in [6.07, 6.45) is 4.28. The van der Waals surface area contributed by atoms with E-state index in [0.29, 0.717) is 25.7 Å². The summed E-state index contributed by atoms with van der Waals surface area (Å²) >= 11 is 0. The van der Waals surface area contributed by atoms with E-state index in [9.17, 15) is 9.18 Å². The van der Waals surface area contributed by atoms with Gasteiger partial charge in [-0.15, -0.1) is 0 Å². The van der Waals surface area contributed by atoms with E-state index < -0.39 is 0 Å². The molecule has 0 N–H and O–H groups in total. The average molecular weight is 344 g/mol. The number of esters is 1. The number of benzene rings is 1. The minimum absolute atomic E-state index is 0.161. The van der Waals surface area contributed by atoms with E-state index >= 15 is 0 Å². The molecule has 25 heavy (non-hydrogen) atoms. The van der Waals surface area contributed by atoms with Crippen molar-refractivity contribution in [2.45, 2.75) is 51.9 Å². The van der Waals surface area contributed by atoms with Crippen molar-refractivity contribution in [1.82, 2.24) is 9.47 Å². The number of halogens is 1. The van der Waals surface area contributed by atoms with Crippen LogP contribution in [0.15, 0.2) is 42.6 Å². The van der Waals surface area contributed by atoms with Crippen LogP contribution in [0.2, 0.25) is 0 Å². The number of carbonyl (C=O) groups is 1. The van der Waals surface area contributed by atoms with Crippen LogP contribution < -0.4 is 0 Å². The van der Waals surface area contributed by atoms with Crippen molar-refractivity contribution in [2.75, 3.05) is 6.61 Å². The standard InChI is InChI=1S/C20H25FN2O2/c1-3-25-20(24)15(2)23(18-10-11-18)14-19-5-4-12-22(19)13-16-6-8-17(21)9-7-16/h4-9,12,15,18H,3,10-11,13-14H2,1-2H3. The van der Waals surface area contributed by atoms with E-state index in [1.807, 2.05) is 26.1 Å². The number of aromatic nitrogens is 1. The topological polar surface area (TPSA) is 34.5 Å². The fraction of sp³-hybridized carbons (Fsp3) is 0.450. The third kappa shape index (κ3) is 4.48. The molecule has 0 saturated heterocycles. The number of nitrogens with zero attached hydrogens (tertiary/aromatic N) is 2. The maximum absolute atomic E-state index is 13.1. The summed E-state index contributed by atoms with van der Waals surface area (Å²) in [5.41, 5.74) is 2.20. The molecule has 1 fully saturated rings. The van der Waals surface area contributed by atoms with Crippen molar-refractivity contribution < 1.29 is 13.9 Å². The molecular formula is C20H25FN2O2. The first-order valence-electron chi connectivity index (χ1n) is 8.89. The Kier molecular flexibility index (Phi) is 5.53. The second-order valence-corrected chi connectivity index (χ2v) is 6.59. The molecule has 0 spiro atoms. The summed E-state index contributed by atoms with van der Waals surface area (Å²) in [6, 6.07) is 10.9. The largest absolute Gasteiger partial charge is 0.465 e. The van der Waals surface area contributed by atoms with Crippen LogP contribution in [0, 0.1) is 5.82 Å². The van der Waals surface area contributed by atoms with E-state index in [2.05, 4.69) is 15.5 Å². The summed E-state index contributed by atoms with van der Waals surface area (Å²) in [5, 5.41) is 0. The minimum Gasteiger partial charge on any atom is -0.465 e. The van der Waals surface area contributed by atoms with Crippen LogP contribution in [0.1, 0.15) is 37.9 Å². The molecule has 1 aromatic carbocycles. The Morgan fingerprint density at radius 2 is 2.04 bits per heavy atom. The van der Waals surface area contributed by atoms with Crippen LogP contribution in [0.3, 0.4) is 0 Å². The van der Waals surface area contributed by atoms with Crippen LogP contribution in [0.5, 0.6) is 0 Å². The Balaban J connectivity index is 1.72. The lowest BCUT2D eigenvalue weighted by molar-refractivity contribution is -0.149. The lowest BCUT2D eigenvalue weighted by atomic mass is 10.2. The second kappa shape index (κ2) is 7.83.